The van der Waals surface area contributed by atoms with E-state index in [0.717, 1.165) is 24.9 Å². The summed E-state index contributed by atoms with van der Waals surface area (Å²) in [6, 6.07) is 6.67. The Morgan fingerprint density at radius 2 is 1.82 bits per heavy atom. The summed E-state index contributed by atoms with van der Waals surface area (Å²) in [6.45, 7) is 3.79. The summed E-state index contributed by atoms with van der Waals surface area (Å²) in [5.74, 6) is 0.111. The van der Waals surface area contributed by atoms with E-state index in [2.05, 4.69) is 20.7 Å². The van der Waals surface area contributed by atoms with Crippen LogP contribution in [0.2, 0.25) is 5.02 Å². The highest BCUT2D eigenvalue weighted by Crippen LogP contribution is 2.47. The van der Waals surface area contributed by atoms with E-state index in [0.29, 0.717) is 30.5 Å². The molecule has 10 heteroatoms. The van der Waals surface area contributed by atoms with Crippen molar-refractivity contribution >= 4 is 29.3 Å². The number of rotatable bonds is 10. The predicted octanol–water partition coefficient (Wildman–Crippen LogP) is 3.37. The first-order chi connectivity index (χ1) is 18.3. The number of aromatic nitrogens is 3. The summed E-state index contributed by atoms with van der Waals surface area (Å²) >= 11 is 6.05. The number of halogens is 1. The second-order valence-corrected chi connectivity index (χ2v) is 11.2. The van der Waals surface area contributed by atoms with E-state index in [1.165, 1.54) is 39.0 Å². The van der Waals surface area contributed by atoms with Crippen molar-refractivity contribution in [3.05, 3.63) is 47.5 Å². The number of nitrogens with zero attached hydrogens (tertiary/aromatic N) is 4. The van der Waals surface area contributed by atoms with E-state index in [1.807, 2.05) is 21.7 Å². The van der Waals surface area contributed by atoms with Crippen molar-refractivity contribution in [2.24, 2.45) is 11.3 Å². The number of carbonyl (C=O) groups excluding carboxylic acids is 3. The average Bonchev–Trinajstić information content (AvgIpc) is 3.43. The molecule has 2 fully saturated rings. The Balaban J connectivity index is 1.45. The van der Waals surface area contributed by atoms with E-state index >= 15 is 0 Å². The molecule has 1 aromatic heterocycles. The van der Waals surface area contributed by atoms with Gasteiger partial charge < -0.3 is 15.5 Å². The van der Waals surface area contributed by atoms with Crippen LogP contribution in [0.3, 0.4) is 0 Å². The standard InChI is InChI=1S/C28H39ClN6O3/c1-21(36)31-14-11-26(37)33-25(17-22-7-9-24(29)10-8-22)27(38)34-15-12-28(13-16-34,18-35-20-30-19-32-35)23-5-3-2-4-6-23/h7-10,19-20,23,25H,2-6,11-18H2,1H3,(H,31,36)(H,33,37). The van der Waals surface area contributed by atoms with Gasteiger partial charge in [0.05, 0.1) is 0 Å². The fourth-order valence-electron chi connectivity index (χ4n) is 6.12. The lowest BCUT2D eigenvalue weighted by Gasteiger charge is -2.48. The molecule has 4 rings (SSSR count). The first-order valence-corrected chi connectivity index (χ1v) is 14.1. The van der Waals surface area contributed by atoms with Gasteiger partial charge in [0, 0.05) is 51.0 Å². The average molecular weight is 543 g/mol. The largest absolute Gasteiger partial charge is 0.356 e. The van der Waals surface area contributed by atoms with Crippen LogP contribution in [0.5, 0.6) is 0 Å². The summed E-state index contributed by atoms with van der Waals surface area (Å²) < 4.78 is 1.95. The lowest BCUT2D eigenvalue weighted by molar-refractivity contribution is -0.139. The molecule has 9 nitrogen and oxygen atoms in total. The zero-order valence-electron chi connectivity index (χ0n) is 22.2. The minimum Gasteiger partial charge on any atom is -0.356 e. The second-order valence-electron chi connectivity index (χ2n) is 10.8. The highest BCUT2D eigenvalue weighted by molar-refractivity contribution is 6.30. The molecular formula is C28H39ClN6O3. The van der Waals surface area contributed by atoms with Gasteiger partial charge in [-0.1, -0.05) is 43.0 Å². The molecule has 38 heavy (non-hydrogen) atoms. The molecule has 3 amide bonds. The molecule has 1 unspecified atom stereocenters. The van der Waals surface area contributed by atoms with Crippen LogP contribution in [-0.2, 0) is 27.3 Å². The normalized spacial score (nSPS) is 18.5. The van der Waals surface area contributed by atoms with Crippen LogP contribution in [0, 0.1) is 11.3 Å². The minimum atomic E-state index is -0.682. The quantitative estimate of drug-likeness (QED) is 0.478. The molecule has 2 N–H and O–H groups in total. The van der Waals surface area contributed by atoms with Crippen molar-refractivity contribution in [1.29, 1.82) is 0 Å². The Morgan fingerprint density at radius 3 is 2.45 bits per heavy atom. The topological polar surface area (TPSA) is 109 Å². The maximum absolute atomic E-state index is 13.8. The zero-order chi connectivity index (χ0) is 27.0. The van der Waals surface area contributed by atoms with Crippen LogP contribution in [0.1, 0.15) is 63.9 Å². The van der Waals surface area contributed by atoms with Crippen molar-refractivity contribution in [1.82, 2.24) is 30.3 Å². The Kier molecular flexibility index (Phi) is 9.77. The van der Waals surface area contributed by atoms with Gasteiger partial charge in [-0.25, -0.2) is 4.98 Å². The van der Waals surface area contributed by atoms with Crippen LogP contribution in [0.4, 0.5) is 0 Å². The van der Waals surface area contributed by atoms with E-state index in [1.54, 1.807) is 24.8 Å². The number of piperidine rings is 1. The van der Waals surface area contributed by atoms with Gasteiger partial charge in [0.2, 0.25) is 17.7 Å². The summed E-state index contributed by atoms with van der Waals surface area (Å²) in [6.07, 6.45) is 12.0. The molecule has 1 aliphatic heterocycles. The maximum atomic E-state index is 13.8. The molecule has 1 atom stereocenters. The van der Waals surface area contributed by atoms with Crippen molar-refractivity contribution in [2.45, 2.75) is 77.3 Å². The van der Waals surface area contributed by atoms with Gasteiger partial charge in [-0.2, -0.15) is 5.10 Å². The highest BCUT2D eigenvalue weighted by Gasteiger charge is 2.43. The summed E-state index contributed by atoms with van der Waals surface area (Å²) in [4.78, 5) is 43.7. The van der Waals surface area contributed by atoms with E-state index in [9.17, 15) is 14.4 Å². The maximum Gasteiger partial charge on any atom is 0.245 e. The molecule has 2 aliphatic rings. The van der Waals surface area contributed by atoms with Crippen molar-refractivity contribution in [3.8, 4) is 0 Å². The Hall–Kier alpha value is -2.94. The molecule has 2 aromatic rings. The number of hydrogen-bond donors (Lipinski definition) is 2. The van der Waals surface area contributed by atoms with Crippen LogP contribution in [0.25, 0.3) is 0 Å². The third-order valence-electron chi connectivity index (χ3n) is 8.20. The van der Waals surface area contributed by atoms with Crippen LogP contribution < -0.4 is 10.6 Å². The molecule has 0 radical (unpaired) electrons. The third-order valence-corrected chi connectivity index (χ3v) is 8.45. The Bertz CT molecular complexity index is 1060. The predicted molar refractivity (Wildman–Crippen MR) is 145 cm³/mol. The van der Waals surface area contributed by atoms with Gasteiger partial charge in [-0.15, -0.1) is 0 Å². The zero-order valence-corrected chi connectivity index (χ0v) is 23.0. The summed E-state index contributed by atoms with van der Waals surface area (Å²) in [5, 5.41) is 10.6. The fraction of sp³-hybridized carbons (Fsp3) is 0.607. The second kappa shape index (κ2) is 13.2. The van der Waals surface area contributed by atoms with E-state index in [4.69, 9.17) is 11.6 Å². The molecule has 1 saturated heterocycles. The number of benzene rings is 1. The van der Waals surface area contributed by atoms with Crippen LogP contribution >= 0.6 is 11.6 Å². The van der Waals surface area contributed by atoms with Gasteiger partial charge in [-0.05, 0) is 54.7 Å². The number of amides is 3. The lowest BCUT2D eigenvalue weighted by atomic mass is 9.63. The van der Waals surface area contributed by atoms with Gasteiger partial charge in [0.1, 0.15) is 18.7 Å². The minimum absolute atomic E-state index is 0.0640. The van der Waals surface area contributed by atoms with Gasteiger partial charge in [0.15, 0.2) is 0 Å². The van der Waals surface area contributed by atoms with Gasteiger partial charge >= 0.3 is 0 Å². The monoisotopic (exact) mass is 542 g/mol. The molecule has 1 aliphatic carbocycles. The SMILES string of the molecule is CC(=O)NCCC(=O)NC(Cc1ccc(Cl)cc1)C(=O)N1CCC(Cn2cncn2)(C2CCCCC2)CC1. The molecule has 0 bridgehead atoms. The smallest absolute Gasteiger partial charge is 0.245 e. The first-order valence-electron chi connectivity index (χ1n) is 13.7. The van der Waals surface area contributed by atoms with E-state index in [-0.39, 0.29) is 36.1 Å². The Morgan fingerprint density at radius 1 is 1.11 bits per heavy atom. The molecular weight excluding hydrogens is 504 g/mol. The van der Waals surface area contributed by atoms with Gasteiger partial charge in [-0.3, -0.25) is 19.1 Å². The van der Waals surface area contributed by atoms with Crippen LogP contribution in [0.15, 0.2) is 36.9 Å². The highest BCUT2D eigenvalue weighted by atomic mass is 35.5. The number of hydrogen-bond acceptors (Lipinski definition) is 5. The van der Waals surface area contributed by atoms with E-state index < -0.39 is 6.04 Å². The number of carbonyl (C=O) groups is 3. The molecule has 1 saturated carbocycles. The first kappa shape index (κ1) is 28.1. The Labute approximate surface area is 229 Å². The van der Waals surface area contributed by atoms with Crippen LogP contribution in [-0.4, -0.2) is 63.1 Å². The lowest BCUT2D eigenvalue weighted by Crippen LogP contribution is -2.54. The molecule has 206 valence electrons. The number of nitrogens with one attached hydrogen (secondary N) is 2. The molecule has 0 spiro atoms. The molecule has 1 aromatic carbocycles. The number of likely N-dealkylation sites (tertiary alicyclic amines) is 1. The summed E-state index contributed by atoms with van der Waals surface area (Å²) in [5.41, 5.74) is 1.02. The van der Waals surface area contributed by atoms with Gasteiger partial charge in [0.25, 0.3) is 0 Å². The fourth-order valence-corrected chi connectivity index (χ4v) is 6.24. The van der Waals surface area contributed by atoms with Crippen molar-refractivity contribution in [2.75, 3.05) is 19.6 Å². The molecule has 2 heterocycles. The van der Waals surface area contributed by atoms with Crippen molar-refractivity contribution in [3.63, 3.8) is 0 Å². The summed E-state index contributed by atoms with van der Waals surface area (Å²) in [7, 11) is 0. The third kappa shape index (κ3) is 7.56. The van der Waals surface area contributed by atoms with Crippen molar-refractivity contribution < 1.29 is 14.4 Å².